The van der Waals surface area contributed by atoms with E-state index in [0.29, 0.717) is 23.7 Å². The summed E-state index contributed by atoms with van der Waals surface area (Å²) in [6.07, 6.45) is 2.28. The molecule has 0 unspecified atom stereocenters. The summed E-state index contributed by atoms with van der Waals surface area (Å²) in [5.74, 6) is -2.10. The minimum absolute atomic E-state index is 0.0507. The maximum absolute atomic E-state index is 13.3. The van der Waals surface area contributed by atoms with Crippen LogP contribution in [0.1, 0.15) is 36.2 Å². The summed E-state index contributed by atoms with van der Waals surface area (Å²) in [7, 11) is 0. The van der Waals surface area contributed by atoms with Gasteiger partial charge in [-0.3, -0.25) is 4.79 Å². The number of carboxylic acid groups (broad SMARTS) is 1. The molecule has 1 aromatic carbocycles. The molecule has 116 valence electrons. The van der Waals surface area contributed by atoms with E-state index in [0.717, 1.165) is 12.8 Å². The standard InChI is InChI=1S/C15H14ClFN2O3/c16-11-9-7-8(17)3-4-10(9)18-12(11)13(20)19-15(14(21)22)5-1-2-6-15/h3-4,7,18H,1-2,5-6H2,(H,19,20)(H,21,22). The molecule has 22 heavy (non-hydrogen) atoms. The Kier molecular flexibility index (Phi) is 3.56. The topological polar surface area (TPSA) is 82.2 Å². The smallest absolute Gasteiger partial charge is 0.329 e. The largest absolute Gasteiger partial charge is 0.480 e. The van der Waals surface area contributed by atoms with Gasteiger partial charge in [0.15, 0.2) is 0 Å². The third-order valence-corrected chi connectivity index (χ3v) is 4.54. The number of benzene rings is 1. The van der Waals surface area contributed by atoms with E-state index in [2.05, 4.69) is 10.3 Å². The molecule has 3 N–H and O–H groups in total. The highest BCUT2D eigenvalue weighted by Crippen LogP contribution is 2.32. The summed E-state index contributed by atoms with van der Waals surface area (Å²) in [6.45, 7) is 0. The second-order valence-electron chi connectivity index (χ2n) is 5.55. The fraction of sp³-hybridized carbons (Fsp3) is 0.333. The van der Waals surface area contributed by atoms with Crippen LogP contribution in [0.25, 0.3) is 10.9 Å². The third kappa shape index (κ3) is 2.33. The van der Waals surface area contributed by atoms with Crippen molar-refractivity contribution in [1.82, 2.24) is 10.3 Å². The van der Waals surface area contributed by atoms with Crippen molar-refractivity contribution in [3.8, 4) is 0 Å². The molecule has 0 spiro atoms. The minimum Gasteiger partial charge on any atom is -0.480 e. The van der Waals surface area contributed by atoms with Crippen LogP contribution in [0.3, 0.4) is 0 Å². The average molecular weight is 325 g/mol. The first-order chi connectivity index (χ1) is 10.4. The molecule has 1 amide bonds. The van der Waals surface area contributed by atoms with Crippen LogP contribution < -0.4 is 5.32 Å². The number of hydrogen-bond acceptors (Lipinski definition) is 2. The lowest BCUT2D eigenvalue weighted by atomic mass is 9.97. The second kappa shape index (κ2) is 5.28. The van der Waals surface area contributed by atoms with Crippen LogP contribution in [0.5, 0.6) is 0 Å². The van der Waals surface area contributed by atoms with Gasteiger partial charge >= 0.3 is 5.97 Å². The van der Waals surface area contributed by atoms with Gasteiger partial charge in [-0.25, -0.2) is 9.18 Å². The van der Waals surface area contributed by atoms with E-state index in [1.54, 1.807) is 0 Å². The van der Waals surface area contributed by atoms with Crippen molar-refractivity contribution in [3.05, 3.63) is 34.7 Å². The molecule has 1 saturated carbocycles. The first-order valence-corrected chi connectivity index (χ1v) is 7.33. The number of carbonyl (C=O) groups is 2. The van der Waals surface area contributed by atoms with Crippen molar-refractivity contribution < 1.29 is 19.1 Å². The highest BCUT2D eigenvalue weighted by molar-refractivity contribution is 6.38. The molecule has 3 rings (SSSR count). The van der Waals surface area contributed by atoms with Crippen LogP contribution in [-0.2, 0) is 4.79 Å². The predicted octanol–water partition coefficient (Wildman–Crippen LogP) is 3.09. The number of carboxylic acids is 1. The fourth-order valence-corrected chi connectivity index (χ4v) is 3.23. The van der Waals surface area contributed by atoms with Crippen molar-refractivity contribution >= 4 is 34.4 Å². The van der Waals surface area contributed by atoms with Crippen LogP contribution in [0.15, 0.2) is 18.2 Å². The van der Waals surface area contributed by atoms with Gasteiger partial charge in [0, 0.05) is 10.9 Å². The van der Waals surface area contributed by atoms with Gasteiger partial charge in [-0.1, -0.05) is 24.4 Å². The molecule has 0 radical (unpaired) electrons. The predicted molar refractivity (Wildman–Crippen MR) is 79.6 cm³/mol. The van der Waals surface area contributed by atoms with E-state index in [1.165, 1.54) is 18.2 Å². The molecule has 0 atom stereocenters. The lowest BCUT2D eigenvalue weighted by molar-refractivity contribution is -0.144. The quantitative estimate of drug-likeness (QED) is 0.811. The summed E-state index contributed by atoms with van der Waals surface area (Å²) in [6, 6.07) is 3.97. The number of amides is 1. The number of aromatic amines is 1. The lowest BCUT2D eigenvalue weighted by Crippen LogP contribution is -2.52. The normalized spacial score (nSPS) is 16.8. The zero-order valence-corrected chi connectivity index (χ0v) is 12.3. The van der Waals surface area contributed by atoms with Crippen LogP contribution in [-0.4, -0.2) is 27.5 Å². The number of nitrogens with one attached hydrogen (secondary N) is 2. The molecule has 5 nitrogen and oxygen atoms in total. The molecule has 7 heteroatoms. The molecule has 2 aromatic rings. The summed E-state index contributed by atoms with van der Waals surface area (Å²) < 4.78 is 13.3. The van der Waals surface area contributed by atoms with Crippen molar-refractivity contribution in [2.24, 2.45) is 0 Å². The monoisotopic (exact) mass is 324 g/mol. The van der Waals surface area contributed by atoms with Crippen molar-refractivity contribution in [2.75, 3.05) is 0 Å². The van der Waals surface area contributed by atoms with Gasteiger partial charge in [0.25, 0.3) is 5.91 Å². The number of halogens is 2. The molecule has 0 aliphatic heterocycles. The van der Waals surface area contributed by atoms with Crippen molar-refractivity contribution in [3.63, 3.8) is 0 Å². The Bertz CT molecular complexity index is 765. The maximum atomic E-state index is 13.3. The summed E-state index contributed by atoms with van der Waals surface area (Å²) in [4.78, 5) is 26.7. The van der Waals surface area contributed by atoms with Gasteiger partial charge in [0.05, 0.1) is 5.02 Å². The SMILES string of the molecule is O=C(NC1(C(=O)O)CCCC1)c1[nH]c2ccc(F)cc2c1Cl. The highest BCUT2D eigenvalue weighted by Gasteiger charge is 2.43. The van der Waals surface area contributed by atoms with Gasteiger partial charge in [0.2, 0.25) is 0 Å². The van der Waals surface area contributed by atoms with Gasteiger partial charge in [-0.05, 0) is 31.0 Å². The number of rotatable bonds is 3. The third-order valence-electron chi connectivity index (χ3n) is 4.14. The van der Waals surface area contributed by atoms with Crippen molar-refractivity contribution in [1.29, 1.82) is 0 Å². The Morgan fingerprint density at radius 3 is 2.64 bits per heavy atom. The number of H-pyrrole nitrogens is 1. The molecule has 0 saturated heterocycles. The number of aliphatic carboxylic acids is 1. The van der Waals surface area contributed by atoms with Crippen LogP contribution in [0.4, 0.5) is 4.39 Å². The van der Waals surface area contributed by atoms with Crippen LogP contribution in [0, 0.1) is 5.82 Å². The van der Waals surface area contributed by atoms with E-state index in [1.807, 2.05) is 0 Å². The van der Waals surface area contributed by atoms with Gasteiger partial charge in [-0.15, -0.1) is 0 Å². The zero-order chi connectivity index (χ0) is 15.9. The molecule has 0 bridgehead atoms. The van der Waals surface area contributed by atoms with Gasteiger partial charge in [-0.2, -0.15) is 0 Å². The number of aromatic nitrogens is 1. The van der Waals surface area contributed by atoms with E-state index in [9.17, 15) is 19.1 Å². The first-order valence-electron chi connectivity index (χ1n) is 6.95. The molecule has 1 aromatic heterocycles. The lowest BCUT2D eigenvalue weighted by Gasteiger charge is -2.25. The Balaban J connectivity index is 1.95. The van der Waals surface area contributed by atoms with Crippen molar-refractivity contribution in [2.45, 2.75) is 31.2 Å². The molecule has 1 heterocycles. The van der Waals surface area contributed by atoms with E-state index in [4.69, 9.17) is 11.6 Å². The van der Waals surface area contributed by atoms with E-state index >= 15 is 0 Å². The number of hydrogen-bond donors (Lipinski definition) is 3. The Labute approximate surface area is 130 Å². The number of carbonyl (C=O) groups excluding carboxylic acids is 1. The number of fused-ring (bicyclic) bond motifs is 1. The van der Waals surface area contributed by atoms with Gasteiger partial charge < -0.3 is 15.4 Å². The Morgan fingerprint density at radius 1 is 1.32 bits per heavy atom. The second-order valence-corrected chi connectivity index (χ2v) is 5.93. The molecule has 1 aliphatic rings. The first kappa shape index (κ1) is 14.8. The fourth-order valence-electron chi connectivity index (χ4n) is 2.94. The van der Waals surface area contributed by atoms with Crippen LogP contribution >= 0.6 is 11.6 Å². The highest BCUT2D eigenvalue weighted by atomic mass is 35.5. The molecule has 1 fully saturated rings. The summed E-state index contributed by atoms with van der Waals surface area (Å²) >= 11 is 6.13. The summed E-state index contributed by atoms with van der Waals surface area (Å²) in [5, 5.41) is 12.5. The van der Waals surface area contributed by atoms with E-state index < -0.39 is 23.2 Å². The minimum atomic E-state index is -1.25. The molecular weight excluding hydrogens is 311 g/mol. The zero-order valence-electron chi connectivity index (χ0n) is 11.6. The molecular formula is C15H14ClFN2O3. The van der Waals surface area contributed by atoms with Crippen LogP contribution in [0.2, 0.25) is 5.02 Å². The van der Waals surface area contributed by atoms with Gasteiger partial charge in [0.1, 0.15) is 17.1 Å². The Morgan fingerprint density at radius 2 is 2.00 bits per heavy atom. The maximum Gasteiger partial charge on any atom is 0.329 e. The summed E-state index contributed by atoms with van der Waals surface area (Å²) in [5.41, 5.74) is -0.676. The molecule has 1 aliphatic carbocycles. The Hall–Kier alpha value is -2.08. The van der Waals surface area contributed by atoms with E-state index in [-0.39, 0.29) is 10.7 Å². The average Bonchev–Trinajstić information content (AvgIpc) is 3.06.